The maximum Gasteiger partial charge on any atom is 0.232 e. The van der Waals surface area contributed by atoms with Crippen molar-refractivity contribution in [2.45, 2.75) is 25.4 Å². The second-order valence-electron chi connectivity index (χ2n) is 7.01. The van der Waals surface area contributed by atoms with Crippen molar-refractivity contribution in [3.05, 3.63) is 53.2 Å². The first-order valence-corrected chi connectivity index (χ1v) is 9.28. The fourth-order valence-electron chi connectivity index (χ4n) is 3.01. The minimum absolute atomic E-state index is 0.0674. The maximum absolute atomic E-state index is 14.4. The number of ketones is 1. The summed E-state index contributed by atoms with van der Waals surface area (Å²) >= 11 is 0. The number of nitrogens with zero attached hydrogens (tertiary/aromatic N) is 2. The Morgan fingerprint density at radius 2 is 2.19 bits per heavy atom. The lowest BCUT2D eigenvalue weighted by Gasteiger charge is -2.24. The lowest BCUT2D eigenvalue weighted by atomic mass is 10.0. The van der Waals surface area contributed by atoms with E-state index in [2.05, 4.69) is 15.3 Å². The molecule has 2 aliphatic rings. The highest BCUT2D eigenvalue weighted by Crippen LogP contribution is 2.29. The van der Waals surface area contributed by atoms with E-state index < -0.39 is 0 Å². The average Bonchev–Trinajstić information content (AvgIpc) is 3.52. The molecule has 6 nitrogen and oxygen atoms in total. The Kier molecular flexibility index (Phi) is 5.40. The average molecular weight is 371 g/mol. The third-order valence-electron chi connectivity index (χ3n) is 4.78. The highest BCUT2D eigenvalue weighted by atomic mass is 19.1. The topological polar surface area (TPSA) is 73.3 Å². The van der Waals surface area contributed by atoms with E-state index in [0.29, 0.717) is 42.7 Å². The van der Waals surface area contributed by atoms with Gasteiger partial charge in [0.05, 0.1) is 31.7 Å². The van der Waals surface area contributed by atoms with Crippen LogP contribution in [0.4, 0.5) is 4.39 Å². The summed E-state index contributed by atoms with van der Waals surface area (Å²) in [6, 6.07) is 4.84. The molecule has 27 heavy (non-hydrogen) atoms. The van der Waals surface area contributed by atoms with E-state index in [-0.39, 0.29) is 29.8 Å². The van der Waals surface area contributed by atoms with E-state index in [4.69, 9.17) is 9.47 Å². The van der Waals surface area contributed by atoms with Crippen LogP contribution in [0, 0.1) is 11.7 Å². The molecule has 4 rings (SSSR count). The van der Waals surface area contributed by atoms with Crippen molar-refractivity contribution in [1.29, 1.82) is 0 Å². The Morgan fingerprint density at radius 3 is 2.85 bits per heavy atom. The van der Waals surface area contributed by atoms with E-state index in [9.17, 15) is 9.18 Å². The van der Waals surface area contributed by atoms with E-state index in [1.807, 2.05) is 0 Å². The number of carbonyl (C=O) groups excluding carboxylic acids is 1. The van der Waals surface area contributed by atoms with Gasteiger partial charge in [-0.15, -0.1) is 0 Å². The summed E-state index contributed by atoms with van der Waals surface area (Å²) in [6.45, 7) is 2.56. The summed E-state index contributed by atoms with van der Waals surface area (Å²) in [5.41, 5.74) is 1.36. The SMILES string of the molecule is O=C(Cc1ccc([C@H]2CNCCO2)c(F)c1)c1cnc(OCC2CC2)cn1. The van der Waals surface area contributed by atoms with Crippen LogP contribution >= 0.6 is 0 Å². The lowest BCUT2D eigenvalue weighted by Crippen LogP contribution is -2.33. The minimum atomic E-state index is -0.357. The first kappa shape index (κ1) is 18.0. The summed E-state index contributed by atoms with van der Waals surface area (Å²) in [5.74, 6) is 0.485. The van der Waals surface area contributed by atoms with Crippen LogP contribution in [0.2, 0.25) is 0 Å². The summed E-state index contributed by atoms with van der Waals surface area (Å²) in [7, 11) is 0. The van der Waals surface area contributed by atoms with Crippen molar-refractivity contribution in [1.82, 2.24) is 15.3 Å². The molecule has 1 aromatic carbocycles. The van der Waals surface area contributed by atoms with Crippen molar-refractivity contribution < 1.29 is 18.7 Å². The Labute approximate surface area is 157 Å². The van der Waals surface area contributed by atoms with Crippen molar-refractivity contribution >= 4 is 5.78 Å². The molecule has 1 aliphatic carbocycles. The molecule has 1 saturated heterocycles. The van der Waals surface area contributed by atoms with Crippen molar-refractivity contribution in [2.75, 3.05) is 26.3 Å². The van der Waals surface area contributed by atoms with Gasteiger partial charge in [0.1, 0.15) is 11.5 Å². The zero-order chi connectivity index (χ0) is 18.6. The van der Waals surface area contributed by atoms with Gasteiger partial charge in [-0.05, 0) is 30.4 Å². The van der Waals surface area contributed by atoms with Gasteiger partial charge in [-0.3, -0.25) is 4.79 Å². The second-order valence-corrected chi connectivity index (χ2v) is 7.01. The summed E-state index contributed by atoms with van der Waals surface area (Å²) in [6.07, 6.45) is 5.05. The Balaban J connectivity index is 1.37. The van der Waals surface area contributed by atoms with Crippen LogP contribution in [-0.2, 0) is 11.2 Å². The van der Waals surface area contributed by atoms with Crippen molar-refractivity contribution in [3.63, 3.8) is 0 Å². The molecule has 1 saturated carbocycles. The molecular formula is C20H22FN3O3. The predicted octanol–water partition coefficient (Wildman–Crippen LogP) is 2.49. The molecule has 2 aromatic rings. The number of aromatic nitrogens is 2. The van der Waals surface area contributed by atoms with Crippen LogP contribution in [0.1, 0.15) is 40.6 Å². The highest BCUT2D eigenvalue weighted by Gasteiger charge is 2.22. The first-order chi connectivity index (χ1) is 13.2. The van der Waals surface area contributed by atoms with Gasteiger partial charge in [0.15, 0.2) is 5.78 Å². The predicted molar refractivity (Wildman–Crippen MR) is 96.2 cm³/mol. The molecule has 1 aliphatic heterocycles. The van der Waals surface area contributed by atoms with E-state index in [0.717, 1.165) is 6.54 Å². The third kappa shape index (κ3) is 4.67. The molecule has 0 unspecified atom stereocenters. The number of benzene rings is 1. The fourth-order valence-corrected chi connectivity index (χ4v) is 3.01. The van der Waals surface area contributed by atoms with Crippen LogP contribution in [0.5, 0.6) is 5.88 Å². The fraction of sp³-hybridized carbons (Fsp3) is 0.450. The van der Waals surface area contributed by atoms with Gasteiger partial charge in [-0.2, -0.15) is 0 Å². The highest BCUT2D eigenvalue weighted by molar-refractivity contribution is 5.95. The number of nitrogens with one attached hydrogen (secondary N) is 1. The molecule has 2 heterocycles. The first-order valence-electron chi connectivity index (χ1n) is 9.28. The number of ether oxygens (including phenoxy) is 2. The monoisotopic (exact) mass is 371 g/mol. The van der Waals surface area contributed by atoms with Gasteiger partial charge in [-0.1, -0.05) is 12.1 Å². The molecule has 1 N–H and O–H groups in total. The van der Waals surface area contributed by atoms with Crippen LogP contribution < -0.4 is 10.1 Å². The lowest BCUT2D eigenvalue weighted by molar-refractivity contribution is 0.0255. The summed E-state index contributed by atoms with van der Waals surface area (Å²) < 4.78 is 25.5. The Hall–Kier alpha value is -2.38. The van der Waals surface area contributed by atoms with E-state index in [1.165, 1.54) is 31.3 Å². The molecule has 0 amide bonds. The van der Waals surface area contributed by atoms with Gasteiger partial charge >= 0.3 is 0 Å². The molecule has 0 radical (unpaired) electrons. The van der Waals surface area contributed by atoms with Gasteiger partial charge in [0, 0.05) is 25.1 Å². The van der Waals surface area contributed by atoms with Gasteiger partial charge in [0.25, 0.3) is 0 Å². The number of carbonyl (C=O) groups is 1. The summed E-state index contributed by atoms with van der Waals surface area (Å²) in [5, 5.41) is 3.18. The molecule has 142 valence electrons. The number of hydrogen-bond donors (Lipinski definition) is 1. The molecule has 0 spiro atoms. The standard InChI is InChI=1S/C20H22FN3O3/c21-16-7-14(3-4-15(16)19-10-22-5-6-26-19)8-18(25)17-9-24-20(11-23-17)27-12-13-1-2-13/h3-4,7,9,11,13,19,22H,1-2,5-6,8,10,12H2/t19-/m1/s1. The summed E-state index contributed by atoms with van der Waals surface area (Å²) in [4.78, 5) is 20.7. The molecular weight excluding hydrogens is 349 g/mol. The number of rotatable bonds is 7. The third-order valence-corrected chi connectivity index (χ3v) is 4.78. The van der Waals surface area contributed by atoms with Crippen LogP contribution in [0.15, 0.2) is 30.6 Å². The zero-order valence-corrected chi connectivity index (χ0v) is 15.0. The Morgan fingerprint density at radius 1 is 1.30 bits per heavy atom. The quantitative estimate of drug-likeness (QED) is 0.754. The normalized spacial score (nSPS) is 19.7. The minimum Gasteiger partial charge on any atom is -0.476 e. The van der Waals surface area contributed by atoms with Crippen molar-refractivity contribution in [2.24, 2.45) is 5.92 Å². The van der Waals surface area contributed by atoms with E-state index in [1.54, 1.807) is 12.1 Å². The Bertz CT molecular complexity index is 803. The molecule has 0 bridgehead atoms. The van der Waals surface area contributed by atoms with Gasteiger partial charge < -0.3 is 14.8 Å². The molecule has 2 fully saturated rings. The van der Waals surface area contributed by atoms with E-state index >= 15 is 0 Å². The zero-order valence-electron chi connectivity index (χ0n) is 15.0. The second kappa shape index (κ2) is 8.10. The number of hydrogen-bond acceptors (Lipinski definition) is 6. The van der Waals surface area contributed by atoms with Gasteiger partial charge in [-0.25, -0.2) is 14.4 Å². The number of halogens is 1. The van der Waals surface area contributed by atoms with Gasteiger partial charge in [0.2, 0.25) is 5.88 Å². The molecule has 7 heteroatoms. The van der Waals surface area contributed by atoms with Crippen LogP contribution in [0.3, 0.4) is 0 Å². The number of morpholine rings is 1. The molecule has 1 atom stereocenters. The maximum atomic E-state index is 14.4. The van der Waals surface area contributed by atoms with Crippen LogP contribution in [-0.4, -0.2) is 42.1 Å². The van der Waals surface area contributed by atoms with Crippen molar-refractivity contribution in [3.8, 4) is 5.88 Å². The largest absolute Gasteiger partial charge is 0.476 e. The molecule has 1 aromatic heterocycles. The number of Topliss-reactive ketones (excluding diaryl/α,β-unsaturated/α-hetero) is 1. The van der Waals surface area contributed by atoms with Crippen LogP contribution in [0.25, 0.3) is 0 Å². The smallest absolute Gasteiger partial charge is 0.232 e.